The van der Waals surface area contributed by atoms with Crippen molar-refractivity contribution in [3.05, 3.63) is 64.1 Å². The lowest BCUT2D eigenvalue weighted by Crippen LogP contribution is -2.49. The van der Waals surface area contributed by atoms with Gasteiger partial charge in [-0.15, -0.1) is 0 Å². The van der Waals surface area contributed by atoms with E-state index in [0.29, 0.717) is 15.7 Å². The summed E-state index contributed by atoms with van der Waals surface area (Å²) in [5.41, 5.74) is 1.27. The highest BCUT2D eigenvalue weighted by molar-refractivity contribution is 7.92. The van der Waals surface area contributed by atoms with E-state index in [1.165, 1.54) is 9.21 Å². The van der Waals surface area contributed by atoms with E-state index >= 15 is 0 Å². The molecule has 0 bridgehead atoms. The summed E-state index contributed by atoms with van der Waals surface area (Å²) >= 11 is 12.0. The first-order chi connectivity index (χ1) is 15.9. The number of nitrogens with one attached hydrogen (secondary N) is 1. The third-order valence-electron chi connectivity index (χ3n) is 5.11. The van der Waals surface area contributed by atoms with Crippen LogP contribution in [0.5, 0.6) is 0 Å². The van der Waals surface area contributed by atoms with Crippen LogP contribution in [0.3, 0.4) is 0 Å². The Hall–Kier alpha value is -2.29. The van der Waals surface area contributed by atoms with Crippen molar-refractivity contribution in [1.29, 1.82) is 0 Å². The molecule has 0 radical (unpaired) electrons. The van der Waals surface area contributed by atoms with E-state index in [1.54, 1.807) is 49.4 Å². The minimum atomic E-state index is -3.56. The molecule has 34 heavy (non-hydrogen) atoms. The number of nitrogens with zero attached hydrogens (tertiary/aromatic N) is 2. The molecule has 0 saturated heterocycles. The Balaban J connectivity index is 2.16. The van der Waals surface area contributed by atoms with Gasteiger partial charge in [0.15, 0.2) is 0 Å². The third kappa shape index (κ3) is 8.49. The Morgan fingerprint density at radius 3 is 2.21 bits per heavy atom. The third-order valence-corrected chi connectivity index (χ3v) is 6.79. The van der Waals surface area contributed by atoms with E-state index in [4.69, 9.17) is 23.2 Å². The molecule has 0 fully saturated rings. The van der Waals surface area contributed by atoms with Gasteiger partial charge in [0.25, 0.3) is 0 Å². The number of benzene rings is 2. The second-order valence-corrected chi connectivity index (χ2v) is 11.2. The summed E-state index contributed by atoms with van der Waals surface area (Å²) in [6.45, 7) is 5.70. The molecular formula is C24H31Cl2N3O4S. The molecule has 2 aromatic rings. The monoisotopic (exact) mass is 527 g/mol. The molecule has 1 atom stereocenters. The fourth-order valence-electron chi connectivity index (χ4n) is 3.43. The van der Waals surface area contributed by atoms with Gasteiger partial charge in [0.2, 0.25) is 21.8 Å². The van der Waals surface area contributed by atoms with Crippen molar-refractivity contribution in [1.82, 2.24) is 10.2 Å². The molecule has 10 heteroatoms. The summed E-state index contributed by atoms with van der Waals surface area (Å²) in [6, 6.07) is 12.8. The van der Waals surface area contributed by atoms with Crippen LogP contribution in [0.25, 0.3) is 0 Å². The normalized spacial score (nSPS) is 12.3. The van der Waals surface area contributed by atoms with Crippen LogP contribution in [-0.2, 0) is 26.2 Å². The minimum Gasteiger partial charge on any atom is -0.352 e. The molecule has 0 heterocycles. The summed E-state index contributed by atoms with van der Waals surface area (Å²) in [6.07, 6.45) is 1.46. The molecule has 2 aromatic carbocycles. The van der Waals surface area contributed by atoms with Gasteiger partial charge in [-0.3, -0.25) is 13.9 Å². The molecule has 0 saturated carbocycles. The van der Waals surface area contributed by atoms with Crippen molar-refractivity contribution in [2.75, 3.05) is 17.1 Å². The van der Waals surface area contributed by atoms with Crippen LogP contribution < -0.4 is 9.62 Å². The largest absolute Gasteiger partial charge is 0.352 e. The lowest BCUT2D eigenvalue weighted by molar-refractivity contribution is -0.140. The van der Waals surface area contributed by atoms with Gasteiger partial charge in [0.05, 0.1) is 11.9 Å². The van der Waals surface area contributed by atoms with Gasteiger partial charge < -0.3 is 10.2 Å². The van der Waals surface area contributed by atoms with Gasteiger partial charge in [-0.25, -0.2) is 8.42 Å². The van der Waals surface area contributed by atoms with Crippen LogP contribution in [0.2, 0.25) is 10.0 Å². The first-order valence-corrected chi connectivity index (χ1v) is 13.6. The second-order valence-electron chi connectivity index (χ2n) is 8.41. The quantitative estimate of drug-likeness (QED) is 0.466. The molecule has 2 amide bonds. The van der Waals surface area contributed by atoms with Crippen LogP contribution in [0.1, 0.15) is 39.2 Å². The number of sulfonamides is 1. The number of hydrogen-bond donors (Lipinski definition) is 1. The van der Waals surface area contributed by atoms with Gasteiger partial charge in [-0.2, -0.15) is 0 Å². The highest BCUT2D eigenvalue weighted by atomic mass is 35.5. The average molecular weight is 529 g/mol. The Bertz CT molecular complexity index is 1090. The average Bonchev–Trinajstić information content (AvgIpc) is 2.74. The predicted octanol–water partition coefficient (Wildman–Crippen LogP) is 4.48. The summed E-state index contributed by atoms with van der Waals surface area (Å²) < 4.78 is 25.9. The second kappa shape index (κ2) is 12.4. The van der Waals surface area contributed by atoms with Gasteiger partial charge >= 0.3 is 0 Å². The number of rotatable bonds is 11. The van der Waals surface area contributed by atoms with Crippen molar-refractivity contribution < 1.29 is 18.0 Å². The summed E-state index contributed by atoms with van der Waals surface area (Å²) in [5.74, 6) is -0.514. The SMILES string of the molecule is CC(C)NC(=O)[C@H](C)N(Cc1cccc(Cl)c1)C(=O)CCCN(c1ccc(Cl)cc1)S(C)(=O)=O. The molecule has 0 aliphatic heterocycles. The molecule has 0 aliphatic carbocycles. The topological polar surface area (TPSA) is 86.8 Å². The molecule has 2 rings (SSSR count). The van der Waals surface area contributed by atoms with E-state index in [9.17, 15) is 18.0 Å². The van der Waals surface area contributed by atoms with Crippen molar-refractivity contribution in [2.24, 2.45) is 0 Å². The lowest BCUT2D eigenvalue weighted by Gasteiger charge is -2.30. The number of carbonyl (C=O) groups excluding carboxylic acids is 2. The highest BCUT2D eigenvalue weighted by Crippen LogP contribution is 2.22. The Kier molecular flexibility index (Phi) is 10.2. The first-order valence-electron chi connectivity index (χ1n) is 11.0. The van der Waals surface area contributed by atoms with Crippen LogP contribution in [-0.4, -0.2) is 50.0 Å². The highest BCUT2D eigenvalue weighted by Gasteiger charge is 2.27. The Morgan fingerprint density at radius 1 is 1.00 bits per heavy atom. The lowest BCUT2D eigenvalue weighted by atomic mass is 10.1. The maximum Gasteiger partial charge on any atom is 0.242 e. The van der Waals surface area contributed by atoms with E-state index in [1.807, 2.05) is 19.9 Å². The summed E-state index contributed by atoms with van der Waals surface area (Å²) in [4.78, 5) is 27.4. The molecular weight excluding hydrogens is 497 g/mol. The van der Waals surface area contributed by atoms with Gasteiger partial charge in [0.1, 0.15) is 6.04 Å². The first kappa shape index (κ1) is 28.0. The van der Waals surface area contributed by atoms with Gasteiger partial charge in [-0.05, 0) is 69.2 Å². The smallest absolute Gasteiger partial charge is 0.242 e. The number of carbonyl (C=O) groups is 2. The van der Waals surface area contributed by atoms with Crippen molar-refractivity contribution in [3.8, 4) is 0 Å². The van der Waals surface area contributed by atoms with E-state index in [2.05, 4.69) is 5.32 Å². The molecule has 1 N–H and O–H groups in total. The molecule has 0 unspecified atom stereocenters. The number of hydrogen-bond acceptors (Lipinski definition) is 4. The fourth-order valence-corrected chi connectivity index (χ4v) is 4.74. The zero-order valence-electron chi connectivity index (χ0n) is 19.8. The molecule has 0 aliphatic rings. The zero-order valence-corrected chi connectivity index (χ0v) is 22.1. The number of amides is 2. The maximum atomic E-state index is 13.2. The zero-order chi connectivity index (χ0) is 25.5. The maximum absolute atomic E-state index is 13.2. The van der Waals surface area contributed by atoms with E-state index in [-0.39, 0.29) is 43.8 Å². The molecule has 7 nitrogen and oxygen atoms in total. The van der Waals surface area contributed by atoms with Crippen LogP contribution in [0.15, 0.2) is 48.5 Å². The Morgan fingerprint density at radius 2 is 1.65 bits per heavy atom. The summed E-state index contributed by atoms with van der Waals surface area (Å²) in [5, 5.41) is 3.87. The number of anilines is 1. The Labute approximate surface area is 212 Å². The predicted molar refractivity (Wildman–Crippen MR) is 138 cm³/mol. The van der Waals surface area contributed by atoms with Crippen molar-refractivity contribution in [3.63, 3.8) is 0 Å². The number of halogens is 2. The van der Waals surface area contributed by atoms with Gasteiger partial charge in [0, 0.05) is 35.6 Å². The minimum absolute atomic E-state index is 0.0687. The molecule has 0 aromatic heterocycles. The molecule has 186 valence electrons. The van der Waals surface area contributed by atoms with Crippen LogP contribution in [0, 0.1) is 0 Å². The van der Waals surface area contributed by atoms with E-state index in [0.717, 1.165) is 11.8 Å². The van der Waals surface area contributed by atoms with E-state index < -0.39 is 16.1 Å². The van der Waals surface area contributed by atoms with Crippen molar-refractivity contribution >= 4 is 50.7 Å². The van der Waals surface area contributed by atoms with Crippen molar-refractivity contribution in [2.45, 2.75) is 52.2 Å². The van der Waals surface area contributed by atoms with Crippen LogP contribution in [0.4, 0.5) is 5.69 Å². The molecule has 0 spiro atoms. The van der Waals surface area contributed by atoms with Gasteiger partial charge in [-0.1, -0.05) is 35.3 Å². The standard InChI is InChI=1S/C24H31Cl2N3O4S/c1-17(2)27-24(31)18(3)28(16-19-7-5-8-21(26)15-19)23(30)9-6-14-29(34(4,32)33)22-12-10-20(25)11-13-22/h5,7-8,10-13,15,17-18H,6,9,14,16H2,1-4H3,(H,27,31)/t18-/m0/s1. The van der Waals surface area contributed by atoms with Crippen LogP contribution >= 0.6 is 23.2 Å². The fraction of sp³-hybridized carbons (Fsp3) is 0.417. The summed E-state index contributed by atoms with van der Waals surface area (Å²) in [7, 11) is -3.56.